The fourth-order valence-electron chi connectivity index (χ4n) is 2.20. The van der Waals surface area contributed by atoms with Crippen LogP contribution in [0.25, 0.3) is 0 Å². The maximum Gasteiger partial charge on any atom is 0.491 e. The molecule has 0 saturated carbocycles. The van der Waals surface area contributed by atoms with E-state index in [9.17, 15) is 0 Å². The van der Waals surface area contributed by atoms with Gasteiger partial charge in [0.25, 0.3) is 0 Å². The van der Waals surface area contributed by atoms with Crippen LogP contribution in [0, 0.1) is 0 Å². The van der Waals surface area contributed by atoms with E-state index in [4.69, 9.17) is 25.9 Å². The fraction of sp³-hybridized carbons (Fsp3) is 1.00. The lowest BCUT2D eigenvalue weighted by molar-refractivity contribution is 0.116. The lowest BCUT2D eigenvalue weighted by Gasteiger charge is -2.39. The van der Waals surface area contributed by atoms with Gasteiger partial charge in [-0.1, -0.05) is 0 Å². The zero-order chi connectivity index (χ0) is 18.0. The topological polar surface area (TPSA) is 55.4 Å². The number of hydrogen-bond donors (Lipinski definition) is 2. The van der Waals surface area contributed by atoms with Gasteiger partial charge in [0.05, 0.1) is 0 Å². The highest BCUT2D eigenvalue weighted by atomic mass is 32.1. The van der Waals surface area contributed by atoms with Gasteiger partial charge in [-0.3, -0.25) is 0 Å². The van der Waals surface area contributed by atoms with Crippen molar-refractivity contribution in [1.29, 1.82) is 0 Å². The van der Waals surface area contributed by atoms with Gasteiger partial charge < -0.3 is 25.9 Å². The van der Waals surface area contributed by atoms with Crippen LogP contribution in [0.4, 0.5) is 0 Å². The quantitative estimate of drug-likeness (QED) is 0.333. The molecule has 0 radical (unpaired) electrons. The molecule has 0 aromatic heterocycles. The van der Waals surface area contributed by atoms with Crippen molar-refractivity contribution in [3.63, 3.8) is 0 Å². The first-order chi connectivity index (χ1) is 10.8. The lowest BCUT2D eigenvalue weighted by Crippen LogP contribution is -2.59. The van der Waals surface area contributed by atoms with E-state index in [0.29, 0.717) is 12.1 Å². The summed E-state index contributed by atoms with van der Waals surface area (Å²) in [5, 5.41) is 0. The molecule has 0 unspecified atom stereocenters. The molecule has 0 aromatic carbocycles. The van der Waals surface area contributed by atoms with Crippen LogP contribution >= 0.6 is 25.3 Å². The van der Waals surface area contributed by atoms with Gasteiger partial charge >= 0.3 is 26.2 Å². The Kier molecular flexibility index (Phi) is 12.2. The Bertz CT molecular complexity index is 289. The van der Waals surface area contributed by atoms with Gasteiger partial charge in [-0.05, 0) is 37.4 Å². The number of hydrogen-bond acceptors (Lipinski definition) is 8. The average Bonchev–Trinajstić information content (AvgIpc) is 2.55. The zero-order valence-corrected chi connectivity index (χ0v) is 19.9. The van der Waals surface area contributed by atoms with Crippen LogP contribution in [0.3, 0.4) is 0 Å². The second-order valence-corrected chi connectivity index (χ2v) is 16.1. The van der Waals surface area contributed by atoms with Gasteiger partial charge in [0.15, 0.2) is 0 Å². The van der Waals surface area contributed by atoms with Crippen molar-refractivity contribution in [2.75, 3.05) is 39.9 Å². The SMILES string of the molecule is CO[Si](CCCS)(OC)O[Si](C)(C)O[Si](CCCS)(OC)OC. The Morgan fingerprint density at radius 2 is 0.957 bits per heavy atom. The Hall–Kier alpha value is 1.11. The van der Waals surface area contributed by atoms with Crippen molar-refractivity contribution >= 4 is 51.4 Å². The van der Waals surface area contributed by atoms with E-state index < -0.39 is 26.2 Å². The van der Waals surface area contributed by atoms with Gasteiger partial charge in [0, 0.05) is 40.5 Å². The molecule has 0 aliphatic heterocycles. The molecule has 0 atom stereocenters. The normalized spacial score (nSPS) is 13.6. The van der Waals surface area contributed by atoms with Gasteiger partial charge in [-0.15, -0.1) is 0 Å². The summed E-state index contributed by atoms with van der Waals surface area (Å²) in [5.41, 5.74) is 0. The van der Waals surface area contributed by atoms with Gasteiger partial charge in [0.1, 0.15) is 0 Å². The van der Waals surface area contributed by atoms with E-state index in [0.717, 1.165) is 24.3 Å². The van der Waals surface area contributed by atoms with Crippen molar-refractivity contribution in [1.82, 2.24) is 0 Å². The molecular weight excluding hydrogens is 389 g/mol. The molecule has 0 N–H and O–H groups in total. The first-order valence-corrected chi connectivity index (χ1v) is 15.6. The van der Waals surface area contributed by atoms with E-state index in [-0.39, 0.29) is 0 Å². The van der Waals surface area contributed by atoms with Crippen LogP contribution in [0.5, 0.6) is 0 Å². The van der Waals surface area contributed by atoms with Crippen molar-refractivity contribution in [3.8, 4) is 0 Å². The molecule has 0 bridgehead atoms. The van der Waals surface area contributed by atoms with Crippen molar-refractivity contribution in [3.05, 3.63) is 0 Å². The standard InChI is InChI=1S/C12H32O6S2Si3/c1-13-22(14-2,11-7-9-19)17-21(5,6)18-23(15-3,16-4)12-8-10-20/h19-20H,7-12H2,1-6H3. The molecule has 23 heavy (non-hydrogen) atoms. The second kappa shape index (κ2) is 11.7. The third-order valence-electron chi connectivity index (χ3n) is 3.33. The molecule has 0 fully saturated rings. The third-order valence-corrected chi connectivity index (χ3v) is 14.8. The maximum atomic E-state index is 6.30. The predicted octanol–water partition coefficient (Wildman–Crippen LogP) is 2.82. The largest absolute Gasteiger partial charge is 0.491 e. The Morgan fingerprint density at radius 1 is 0.652 bits per heavy atom. The van der Waals surface area contributed by atoms with Crippen LogP contribution in [0.2, 0.25) is 25.2 Å². The predicted molar refractivity (Wildman–Crippen MR) is 106 cm³/mol. The second-order valence-electron chi connectivity index (χ2n) is 5.44. The Morgan fingerprint density at radius 3 is 1.17 bits per heavy atom. The van der Waals surface area contributed by atoms with Gasteiger partial charge in [0.2, 0.25) is 0 Å². The van der Waals surface area contributed by atoms with E-state index in [2.05, 4.69) is 25.3 Å². The van der Waals surface area contributed by atoms with Crippen molar-refractivity contribution < 1.29 is 25.9 Å². The highest BCUT2D eigenvalue weighted by molar-refractivity contribution is 7.80. The molecule has 0 aliphatic rings. The monoisotopic (exact) mass is 420 g/mol. The molecule has 0 rings (SSSR count). The van der Waals surface area contributed by atoms with Crippen molar-refractivity contribution in [2.45, 2.75) is 38.0 Å². The lowest BCUT2D eigenvalue weighted by atomic mass is 10.6. The summed E-state index contributed by atoms with van der Waals surface area (Å²) >= 11 is 8.51. The minimum atomic E-state index is -2.77. The van der Waals surface area contributed by atoms with Gasteiger partial charge in [-0.25, -0.2) is 0 Å². The molecule has 0 heterocycles. The molecular formula is C12H32O6S2Si3. The molecule has 140 valence electrons. The fourth-order valence-corrected chi connectivity index (χ4v) is 14.2. The smallest absolute Gasteiger partial charge is 0.394 e. The molecule has 0 aliphatic carbocycles. The van der Waals surface area contributed by atoms with Crippen LogP contribution < -0.4 is 0 Å². The van der Waals surface area contributed by atoms with E-state index in [1.54, 1.807) is 28.4 Å². The van der Waals surface area contributed by atoms with Crippen LogP contribution in [-0.4, -0.2) is 66.1 Å². The van der Waals surface area contributed by atoms with E-state index in [1.807, 2.05) is 13.1 Å². The summed E-state index contributed by atoms with van der Waals surface area (Å²) in [6.45, 7) is 3.93. The van der Waals surface area contributed by atoms with Crippen LogP contribution in [-0.2, 0) is 25.9 Å². The van der Waals surface area contributed by atoms with Crippen LogP contribution in [0.15, 0.2) is 0 Å². The minimum Gasteiger partial charge on any atom is -0.394 e. The Labute approximate surface area is 155 Å². The summed E-state index contributed by atoms with van der Waals surface area (Å²) in [6, 6.07) is 1.41. The zero-order valence-electron chi connectivity index (χ0n) is 15.1. The first kappa shape index (κ1) is 24.1. The molecule has 0 spiro atoms. The summed E-state index contributed by atoms with van der Waals surface area (Å²) in [6.07, 6.45) is 1.72. The Balaban J connectivity index is 5.11. The number of rotatable bonds is 14. The maximum absolute atomic E-state index is 6.30. The number of thiol groups is 2. The molecule has 0 saturated heterocycles. The highest BCUT2D eigenvalue weighted by Crippen LogP contribution is 2.27. The summed E-state index contributed by atoms with van der Waals surface area (Å²) in [7, 11) is -1.64. The van der Waals surface area contributed by atoms with Gasteiger partial charge in [-0.2, -0.15) is 25.3 Å². The molecule has 11 heteroatoms. The summed E-state index contributed by atoms with van der Waals surface area (Å²) < 4.78 is 35.1. The molecule has 0 aromatic rings. The van der Waals surface area contributed by atoms with E-state index in [1.165, 1.54) is 0 Å². The van der Waals surface area contributed by atoms with Crippen molar-refractivity contribution in [2.24, 2.45) is 0 Å². The summed E-state index contributed by atoms with van der Waals surface area (Å²) in [4.78, 5) is 0. The third kappa shape index (κ3) is 8.35. The highest BCUT2D eigenvalue weighted by Gasteiger charge is 2.51. The van der Waals surface area contributed by atoms with Crippen LogP contribution in [0.1, 0.15) is 12.8 Å². The minimum absolute atomic E-state index is 0.703. The van der Waals surface area contributed by atoms with E-state index >= 15 is 0 Å². The molecule has 0 amide bonds. The summed E-state index contributed by atoms with van der Waals surface area (Å²) in [5.74, 6) is 1.51. The first-order valence-electron chi connectivity index (χ1n) is 7.61. The molecule has 6 nitrogen and oxygen atoms in total. The average molecular weight is 421 g/mol.